The van der Waals surface area contributed by atoms with Gasteiger partial charge in [-0.05, 0) is 55.8 Å². The molecule has 9 heteroatoms. The fraction of sp³-hybridized carbons (Fsp3) is 0.391. The molecule has 2 aromatic rings. The van der Waals surface area contributed by atoms with Crippen LogP contribution in [0.3, 0.4) is 0 Å². The molecule has 1 aliphatic heterocycles. The SMILES string of the molecule is COc1cccc(CN(C)CC(=O)Nc2cccc(S(=O)(=O)NC3=NCCCCC3)c2)c1. The van der Waals surface area contributed by atoms with E-state index in [2.05, 4.69) is 15.0 Å². The van der Waals surface area contributed by atoms with Gasteiger partial charge in [-0.1, -0.05) is 24.6 Å². The van der Waals surface area contributed by atoms with Gasteiger partial charge in [-0.15, -0.1) is 0 Å². The Morgan fingerprint density at radius 3 is 2.75 bits per heavy atom. The Morgan fingerprint density at radius 1 is 1.12 bits per heavy atom. The number of ether oxygens (including phenoxy) is 1. The van der Waals surface area contributed by atoms with Crippen molar-refractivity contribution in [3.05, 3.63) is 54.1 Å². The second-order valence-electron chi connectivity index (χ2n) is 7.84. The number of nitrogens with one attached hydrogen (secondary N) is 2. The molecule has 2 aromatic carbocycles. The molecule has 0 atom stereocenters. The maximum absolute atomic E-state index is 12.8. The maximum atomic E-state index is 12.8. The molecule has 0 aromatic heterocycles. The molecule has 0 fully saturated rings. The van der Waals surface area contributed by atoms with Crippen molar-refractivity contribution in [2.75, 3.05) is 32.6 Å². The van der Waals surface area contributed by atoms with Crippen LogP contribution >= 0.6 is 0 Å². The Labute approximate surface area is 189 Å². The molecule has 0 radical (unpaired) electrons. The van der Waals surface area contributed by atoms with Crippen LogP contribution in [0.25, 0.3) is 0 Å². The molecule has 0 aliphatic carbocycles. The van der Waals surface area contributed by atoms with Gasteiger partial charge < -0.3 is 10.1 Å². The van der Waals surface area contributed by atoms with Crippen LogP contribution in [0.1, 0.15) is 31.2 Å². The summed E-state index contributed by atoms with van der Waals surface area (Å²) in [6, 6.07) is 13.9. The number of nitrogens with zero attached hydrogens (tertiary/aromatic N) is 2. The zero-order valence-corrected chi connectivity index (χ0v) is 19.3. The van der Waals surface area contributed by atoms with Crippen LogP contribution in [0, 0.1) is 0 Å². The Kier molecular flexibility index (Phi) is 8.24. The number of sulfonamides is 1. The van der Waals surface area contributed by atoms with Crippen molar-refractivity contribution in [3.63, 3.8) is 0 Å². The summed E-state index contributed by atoms with van der Waals surface area (Å²) in [5, 5.41) is 2.78. The first-order valence-electron chi connectivity index (χ1n) is 10.6. The first-order valence-corrected chi connectivity index (χ1v) is 12.1. The van der Waals surface area contributed by atoms with Crippen LogP contribution in [-0.4, -0.2) is 52.3 Å². The predicted octanol–water partition coefficient (Wildman–Crippen LogP) is 3.02. The van der Waals surface area contributed by atoms with Crippen LogP contribution in [-0.2, 0) is 21.4 Å². The van der Waals surface area contributed by atoms with E-state index in [1.807, 2.05) is 36.2 Å². The number of likely N-dealkylation sites (N-methyl/N-ethyl adjacent to an activating group) is 1. The number of methoxy groups -OCH3 is 1. The molecule has 8 nitrogen and oxygen atoms in total. The smallest absolute Gasteiger partial charge is 0.262 e. The van der Waals surface area contributed by atoms with Crippen LogP contribution in [0.5, 0.6) is 5.75 Å². The number of carbonyl (C=O) groups excluding carboxylic acids is 1. The molecule has 0 saturated carbocycles. The van der Waals surface area contributed by atoms with Gasteiger partial charge in [0.05, 0.1) is 18.6 Å². The number of amidine groups is 1. The quantitative estimate of drug-likeness (QED) is 0.633. The summed E-state index contributed by atoms with van der Waals surface area (Å²) in [5.74, 6) is 1.03. The van der Waals surface area contributed by atoms with E-state index in [1.54, 1.807) is 19.2 Å². The molecule has 0 unspecified atom stereocenters. The molecule has 0 saturated heterocycles. The lowest BCUT2D eigenvalue weighted by molar-refractivity contribution is -0.117. The highest BCUT2D eigenvalue weighted by Crippen LogP contribution is 2.17. The summed E-state index contributed by atoms with van der Waals surface area (Å²) in [4.78, 5) is 18.8. The molecule has 172 valence electrons. The second kappa shape index (κ2) is 11.1. The summed E-state index contributed by atoms with van der Waals surface area (Å²) in [5.41, 5.74) is 1.45. The van der Waals surface area contributed by atoms with Crippen molar-refractivity contribution in [1.29, 1.82) is 0 Å². The lowest BCUT2D eigenvalue weighted by atomic mass is 10.2. The van der Waals surface area contributed by atoms with Crippen LogP contribution < -0.4 is 14.8 Å². The number of carbonyl (C=O) groups is 1. The van der Waals surface area contributed by atoms with Crippen molar-refractivity contribution in [2.45, 2.75) is 37.1 Å². The van der Waals surface area contributed by atoms with Crippen LogP contribution in [0.15, 0.2) is 58.4 Å². The fourth-order valence-corrected chi connectivity index (χ4v) is 4.63. The zero-order valence-electron chi connectivity index (χ0n) is 18.5. The fourth-order valence-electron chi connectivity index (χ4n) is 3.50. The summed E-state index contributed by atoms with van der Waals surface area (Å²) >= 11 is 0. The van der Waals surface area contributed by atoms with Crippen molar-refractivity contribution in [2.24, 2.45) is 4.99 Å². The highest BCUT2D eigenvalue weighted by molar-refractivity contribution is 7.90. The van der Waals surface area contributed by atoms with Crippen molar-refractivity contribution >= 4 is 27.5 Å². The van der Waals surface area contributed by atoms with E-state index in [1.165, 1.54) is 12.1 Å². The summed E-state index contributed by atoms with van der Waals surface area (Å²) < 4.78 is 33.3. The van der Waals surface area contributed by atoms with E-state index in [-0.39, 0.29) is 17.3 Å². The predicted molar refractivity (Wildman–Crippen MR) is 125 cm³/mol. The molecule has 0 spiro atoms. The van der Waals surface area contributed by atoms with Gasteiger partial charge in [0.15, 0.2) is 0 Å². The van der Waals surface area contributed by atoms with Crippen LogP contribution in [0.2, 0.25) is 0 Å². The topological polar surface area (TPSA) is 100 Å². The molecule has 32 heavy (non-hydrogen) atoms. The molecular weight excluding hydrogens is 428 g/mol. The number of amides is 1. The van der Waals surface area contributed by atoms with E-state index in [4.69, 9.17) is 4.74 Å². The second-order valence-corrected chi connectivity index (χ2v) is 9.53. The van der Waals surface area contributed by atoms with Gasteiger partial charge in [0, 0.05) is 25.2 Å². The third-order valence-electron chi connectivity index (χ3n) is 5.05. The lowest BCUT2D eigenvalue weighted by Gasteiger charge is -2.17. The molecule has 2 N–H and O–H groups in total. The Balaban J connectivity index is 1.59. The average molecular weight is 459 g/mol. The van der Waals surface area contributed by atoms with Gasteiger partial charge in [0.25, 0.3) is 10.0 Å². The number of hydrogen-bond acceptors (Lipinski definition) is 6. The maximum Gasteiger partial charge on any atom is 0.262 e. The minimum absolute atomic E-state index is 0.0898. The minimum Gasteiger partial charge on any atom is -0.497 e. The van der Waals surface area contributed by atoms with E-state index in [0.717, 1.165) is 30.6 Å². The van der Waals surface area contributed by atoms with Gasteiger partial charge in [-0.25, -0.2) is 8.42 Å². The van der Waals surface area contributed by atoms with Gasteiger partial charge in [0.2, 0.25) is 5.91 Å². The summed E-state index contributed by atoms with van der Waals surface area (Å²) in [7, 11) is -0.299. The zero-order chi connectivity index (χ0) is 23.0. The first-order chi connectivity index (χ1) is 15.4. The van der Waals surface area contributed by atoms with Gasteiger partial charge >= 0.3 is 0 Å². The van der Waals surface area contributed by atoms with Gasteiger partial charge in [-0.3, -0.25) is 19.4 Å². The Hall–Kier alpha value is -2.91. The number of aliphatic imine (C=N–C) groups is 1. The molecule has 1 aliphatic rings. The van der Waals surface area contributed by atoms with E-state index < -0.39 is 10.0 Å². The number of rotatable bonds is 8. The van der Waals surface area contributed by atoms with E-state index in [0.29, 0.717) is 31.0 Å². The Bertz CT molecular complexity index is 1070. The number of hydrogen-bond donors (Lipinski definition) is 2. The van der Waals surface area contributed by atoms with E-state index in [9.17, 15) is 13.2 Å². The third kappa shape index (κ3) is 7.06. The molecule has 1 amide bonds. The van der Waals surface area contributed by atoms with E-state index >= 15 is 0 Å². The Morgan fingerprint density at radius 2 is 1.94 bits per heavy atom. The monoisotopic (exact) mass is 458 g/mol. The lowest BCUT2D eigenvalue weighted by Crippen LogP contribution is -2.31. The molecule has 0 bridgehead atoms. The number of benzene rings is 2. The summed E-state index contributed by atoms with van der Waals surface area (Å²) in [6.07, 6.45) is 3.55. The van der Waals surface area contributed by atoms with Crippen molar-refractivity contribution < 1.29 is 17.9 Å². The normalized spacial score (nSPS) is 14.4. The van der Waals surface area contributed by atoms with Crippen molar-refractivity contribution in [1.82, 2.24) is 9.62 Å². The van der Waals surface area contributed by atoms with Gasteiger partial charge in [-0.2, -0.15) is 0 Å². The highest BCUT2D eigenvalue weighted by atomic mass is 32.2. The highest BCUT2D eigenvalue weighted by Gasteiger charge is 2.18. The molecule has 1 heterocycles. The first kappa shape index (κ1) is 23.7. The molecule has 3 rings (SSSR count). The standard InChI is InChI=1S/C23H30N4O4S/c1-27(16-18-8-6-10-20(14-18)31-2)17-23(28)25-19-9-7-11-21(15-19)32(29,30)26-22-12-4-3-5-13-24-22/h6-11,14-15H,3-5,12-13,16-17H2,1-2H3,(H,24,26)(H,25,28). The average Bonchev–Trinajstić information content (AvgIpc) is 3.02. The van der Waals surface area contributed by atoms with Crippen LogP contribution in [0.4, 0.5) is 5.69 Å². The largest absolute Gasteiger partial charge is 0.497 e. The summed E-state index contributed by atoms with van der Waals surface area (Å²) in [6.45, 7) is 1.37. The minimum atomic E-state index is -3.76. The third-order valence-corrected chi connectivity index (χ3v) is 6.43. The van der Waals surface area contributed by atoms with Gasteiger partial charge in [0.1, 0.15) is 11.6 Å². The number of anilines is 1. The van der Waals surface area contributed by atoms with Crippen molar-refractivity contribution in [3.8, 4) is 5.75 Å². The molecular formula is C23H30N4O4S.